The average Bonchev–Trinajstić information content (AvgIpc) is 2.92. The Morgan fingerprint density at radius 2 is 1.67 bits per heavy atom. The molecule has 3 nitrogen and oxygen atoms in total. The smallest absolute Gasteiger partial charge is 0.120 e. The second-order valence-electron chi connectivity index (χ2n) is 5.41. The van der Waals surface area contributed by atoms with Gasteiger partial charge in [0.2, 0.25) is 0 Å². The van der Waals surface area contributed by atoms with E-state index in [0.29, 0.717) is 0 Å². The second kappa shape index (κ2) is 4.55. The fraction of sp³-hybridized carbons (Fsp3) is 0.222. The van der Waals surface area contributed by atoms with Gasteiger partial charge >= 0.3 is 0 Å². The third-order valence-electron chi connectivity index (χ3n) is 4.34. The molecule has 1 N–H and O–H groups in total. The highest BCUT2D eigenvalue weighted by atomic mass is 16.5. The topological polar surface area (TPSA) is 34.2 Å². The molecule has 0 amide bonds. The number of methoxy groups -OCH3 is 2. The molecule has 0 saturated carbocycles. The number of aryl methyl sites for hydroxylation is 2. The summed E-state index contributed by atoms with van der Waals surface area (Å²) < 4.78 is 10.6. The normalized spacial score (nSPS) is 12.9. The lowest BCUT2D eigenvalue weighted by Crippen LogP contribution is -2.03. The van der Waals surface area contributed by atoms with Crippen LogP contribution >= 0.6 is 0 Å². The molecule has 106 valence electrons. The van der Waals surface area contributed by atoms with Crippen LogP contribution in [0.5, 0.6) is 11.5 Å². The number of H-pyrrole nitrogens is 1. The summed E-state index contributed by atoms with van der Waals surface area (Å²) in [5, 5.41) is 1.30. The van der Waals surface area contributed by atoms with Crippen LogP contribution < -0.4 is 9.47 Å². The predicted octanol–water partition coefficient (Wildman–Crippen LogP) is 3.95. The maximum Gasteiger partial charge on any atom is 0.120 e. The molecule has 0 spiro atoms. The van der Waals surface area contributed by atoms with E-state index in [2.05, 4.69) is 29.2 Å². The van der Waals surface area contributed by atoms with Crippen LogP contribution in [0, 0.1) is 0 Å². The molecule has 0 saturated heterocycles. The first kappa shape index (κ1) is 12.3. The van der Waals surface area contributed by atoms with Crippen LogP contribution in [0.15, 0.2) is 36.4 Å². The van der Waals surface area contributed by atoms with Crippen molar-refractivity contribution >= 4 is 10.9 Å². The zero-order valence-corrected chi connectivity index (χ0v) is 12.2. The van der Waals surface area contributed by atoms with Crippen molar-refractivity contribution in [2.24, 2.45) is 0 Å². The number of hydrogen-bond donors (Lipinski definition) is 1. The fourth-order valence-electron chi connectivity index (χ4n) is 3.26. The van der Waals surface area contributed by atoms with Crippen molar-refractivity contribution in [3.8, 4) is 22.8 Å². The van der Waals surface area contributed by atoms with Crippen molar-refractivity contribution in [1.29, 1.82) is 0 Å². The van der Waals surface area contributed by atoms with Crippen LogP contribution in [0.2, 0.25) is 0 Å². The summed E-state index contributed by atoms with van der Waals surface area (Å²) in [4.78, 5) is 3.56. The first-order valence-electron chi connectivity index (χ1n) is 7.16. The maximum atomic E-state index is 5.33. The minimum atomic E-state index is 0.885. The largest absolute Gasteiger partial charge is 0.497 e. The van der Waals surface area contributed by atoms with Gasteiger partial charge < -0.3 is 14.5 Å². The van der Waals surface area contributed by atoms with E-state index < -0.39 is 0 Å². The number of rotatable bonds is 2. The van der Waals surface area contributed by atoms with Crippen LogP contribution in [0.25, 0.3) is 22.2 Å². The van der Waals surface area contributed by atoms with Crippen molar-refractivity contribution in [1.82, 2.24) is 4.98 Å². The van der Waals surface area contributed by atoms with Crippen LogP contribution in [-0.4, -0.2) is 19.2 Å². The average molecular weight is 279 g/mol. The van der Waals surface area contributed by atoms with E-state index in [1.165, 1.54) is 27.8 Å². The Labute approximate surface area is 123 Å². The molecule has 21 heavy (non-hydrogen) atoms. The molecule has 3 heteroatoms. The summed E-state index contributed by atoms with van der Waals surface area (Å²) >= 11 is 0. The molecule has 1 aliphatic carbocycles. The van der Waals surface area contributed by atoms with Gasteiger partial charge in [-0.1, -0.05) is 0 Å². The number of benzene rings is 2. The monoisotopic (exact) mass is 279 g/mol. The number of hydrogen-bond acceptors (Lipinski definition) is 2. The minimum Gasteiger partial charge on any atom is -0.497 e. The molecule has 0 radical (unpaired) electrons. The molecule has 4 rings (SSSR count). The quantitative estimate of drug-likeness (QED) is 0.770. The summed E-state index contributed by atoms with van der Waals surface area (Å²) in [6, 6.07) is 12.6. The Bertz CT molecular complexity index is 833. The zero-order chi connectivity index (χ0) is 14.4. The highest BCUT2D eigenvalue weighted by Crippen LogP contribution is 2.39. The molecule has 0 unspecified atom stereocenters. The SMILES string of the molecule is COc1ccc2c(c1)CCc1c-2[nH]c2cc(OC)ccc12. The van der Waals surface area contributed by atoms with E-state index in [1.54, 1.807) is 14.2 Å². The Kier molecular flexibility index (Phi) is 2.67. The Balaban J connectivity index is 1.93. The molecule has 0 bridgehead atoms. The van der Waals surface area contributed by atoms with Gasteiger partial charge in [0.15, 0.2) is 0 Å². The molecule has 1 aliphatic rings. The number of fused-ring (bicyclic) bond motifs is 5. The van der Waals surface area contributed by atoms with Crippen LogP contribution in [0.3, 0.4) is 0 Å². The van der Waals surface area contributed by atoms with Crippen molar-refractivity contribution in [2.45, 2.75) is 12.8 Å². The van der Waals surface area contributed by atoms with Gasteiger partial charge in [-0.3, -0.25) is 0 Å². The van der Waals surface area contributed by atoms with Gasteiger partial charge in [0.1, 0.15) is 11.5 Å². The lowest BCUT2D eigenvalue weighted by atomic mass is 9.89. The Morgan fingerprint density at radius 1 is 0.905 bits per heavy atom. The maximum absolute atomic E-state index is 5.33. The number of aromatic amines is 1. The van der Waals surface area contributed by atoms with Gasteiger partial charge in [0.05, 0.1) is 14.2 Å². The standard InChI is InChI=1S/C18H17NO2/c1-20-12-4-7-14-11(9-12)3-6-16-15-8-5-13(21-2)10-17(15)19-18(14)16/h4-5,7-10,19H,3,6H2,1-2H3. The van der Waals surface area contributed by atoms with E-state index in [4.69, 9.17) is 9.47 Å². The van der Waals surface area contributed by atoms with Crippen molar-refractivity contribution in [3.63, 3.8) is 0 Å². The van der Waals surface area contributed by atoms with E-state index in [0.717, 1.165) is 29.9 Å². The third kappa shape index (κ3) is 1.81. The molecular formula is C18H17NO2. The number of aromatic nitrogens is 1. The first-order valence-corrected chi connectivity index (χ1v) is 7.16. The lowest BCUT2D eigenvalue weighted by Gasteiger charge is -2.17. The molecule has 0 aliphatic heterocycles. The van der Waals surface area contributed by atoms with Crippen molar-refractivity contribution < 1.29 is 9.47 Å². The fourth-order valence-corrected chi connectivity index (χ4v) is 3.26. The van der Waals surface area contributed by atoms with Gasteiger partial charge in [-0.25, -0.2) is 0 Å². The summed E-state index contributed by atoms with van der Waals surface area (Å²) in [6.07, 6.45) is 2.11. The molecule has 3 aromatic rings. The van der Waals surface area contributed by atoms with E-state index in [1.807, 2.05) is 12.1 Å². The van der Waals surface area contributed by atoms with E-state index in [-0.39, 0.29) is 0 Å². The molecule has 1 heterocycles. The zero-order valence-electron chi connectivity index (χ0n) is 12.2. The van der Waals surface area contributed by atoms with E-state index in [9.17, 15) is 0 Å². The predicted molar refractivity (Wildman–Crippen MR) is 84.2 cm³/mol. The molecular weight excluding hydrogens is 262 g/mol. The summed E-state index contributed by atoms with van der Waals surface area (Å²) in [5.74, 6) is 1.81. The van der Waals surface area contributed by atoms with Crippen molar-refractivity contribution in [3.05, 3.63) is 47.5 Å². The molecule has 2 aromatic carbocycles. The number of nitrogens with one attached hydrogen (secondary N) is 1. The Hall–Kier alpha value is -2.42. The Morgan fingerprint density at radius 3 is 2.48 bits per heavy atom. The van der Waals surface area contributed by atoms with Gasteiger partial charge in [-0.05, 0) is 54.3 Å². The minimum absolute atomic E-state index is 0.885. The van der Waals surface area contributed by atoms with Gasteiger partial charge in [-0.2, -0.15) is 0 Å². The summed E-state index contributed by atoms with van der Waals surface area (Å²) in [7, 11) is 3.41. The van der Waals surface area contributed by atoms with Gasteiger partial charge in [-0.15, -0.1) is 0 Å². The third-order valence-corrected chi connectivity index (χ3v) is 4.34. The highest BCUT2D eigenvalue weighted by molar-refractivity contribution is 5.93. The highest BCUT2D eigenvalue weighted by Gasteiger charge is 2.21. The summed E-state index contributed by atoms with van der Waals surface area (Å²) in [5.41, 5.74) is 6.42. The molecule has 0 fully saturated rings. The first-order chi connectivity index (χ1) is 10.3. The van der Waals surface area contributed by atoms with Crippen LogP contribution in [0.1, 0.15) is 11.1 Å². The van der Waals surface area contributed by atoms with Crippen molar-refractivity contribution in [2.75, 3.05) is 14.2 Å². The van der Waals surface area contributed by atoms with E-state index >= 15 is 0 Å². The number of ether oxygens (including phenoxy) is 2. The molecule has 0 atom stereocenters. The van der Waals surface area contributed by atoms with Gasteiger partial charge in [0.25, 0.3) is 0 Å². The molecule has 1 aromatic heterocycles. The lowest BCUT2D eigenvalue weighted by molar-refractivity contribution is 0.414. The van der Waals surface area contributed by atoms with Crippen LogP contribution in [0.4, 0.5) is 0 Å². The van der Waals surface area contributed by atoms with Crippen LogP contribution in [-0.2, 0) is 12.8 Å². The second-order valence-corrected chi connectivity index (χ2v) is 5.41. The van der Waals surface area contributed by atoms with Gasteiger partial charge in [0, 0.05) is 28.2 Å². The summed E-state index contributed by atoms with van der Waals surface area (Å²) in [6.45, 7) is 0.